The largest absolute Gasteiger partial charge is 0.370 e. The zero-order chi connectivity index (χ0) is 15.4. The predicted octanol–water partition coefficient (Wildman–Crippen LogP) is 2.02. The van der Waals surface area contributed by atoms with Gasteiger partial charge in [0.15, 0.2) is 5.96 Å². The molecule has 3 N–H and O–H groups in total. The number of rotatable bonds is 5. The van der Waals surface area contributed by atoms with E-state index in [1.54, 1.807) is 0 Å². The van der Waals surface area contributed by atoms with Gasteiger partial charge in [-0.05, 0) is 42.9 Å². The highest BCUT2D eigenvalue weighted by Gasteiger charge is 2.21. The van der Waals surface area contributed by atoms with Crippen LogP contribution in [0, 0.1) is 5.92 Å². The van der Waals surface area contributed by atoms with Crippen molar-refractivity contribution >= 4 is 17.6 Å². The molecule has 1 aliphatic heterocycles. The van der Waals surface area contributed by atoms with E-state index < -0.39 is 0 Å². The van der Waals surface area contributed by atoms with E-state index in [-0.39, 0.29) is 5.91 Å². The first-order valence-electron chi connectivity index (χ1n) is 8.15. The molecule has 1 heterocycles. The van der Waals surface area contributed by atoms with Gasteiger partial charge in [-0.2, -0.15) is 0 Å². The van der Waals surface area contributed by atoms with Crippen molar-refractivity contribution in [1.29, 1.82) is 0 Å². The molecule has 2 aliphatic rings. The Kier molecular flexibility index (Phi) is 4.61. The maximum Gasteiger partial charge on any atom is 0.227 e. The van der Waals surface area contributed by atoms with E-state index in [1.807, 2.05) is 29.2 Å². The van der Waals surface area contributed by atoms with Crippen molar-refractivity contribution in [2.24, 2.45) is 16.6 Å². The summed E-state index contributed by atoms with van der Waals surface area (Å²) < 4.78 is 0. The van der Waals surface area contributed by atoms with Gasteiger partial charge < -0.3 is 16.0 Å². The molecule has 22 heavy (non-hydrogen) atoms. The Morgan fingerprint density at radius 1 is 1.27 bits per heavy atom. The summed E-state index contributed by atoms with van der Waals surface area (Å²) >= 11 is 0. The number of amides is 1. The summed E-state index contributed by atoms with van der Waals surface area (Å²) in [6, 6.07) is 8.02. The van der Waals surface area contributed by atoms with Gasteiger partial charge in [-0.15, -0.1) is 0 Å². The number of hydrogen-bond acceptors (Lipinski definition) is 2. The smallest absolute Gasteiger partial charge is 0.227 e. The highest BCUT2D eigenvalue weighted by atomic mass is 16.2. The van der Waals surface area contributed by atoms with Crippen molar-refractivity contribution in [3.63, 3.8) is 0 Å². The molecule has 1 saturated carbocycles. The van der Waals surface area contributed by atoms with E-state index >= 15 is 0 Å². The van der Waals surface area contributed by atoms with E-state index in [4.69, 9.17) is 5.73 Å². The first kappa shape index (κ1) is 14.9. The quantitative estimate of drug-likeness (QED) is 0.645. The standard InChI is InChI=1S/C17H24N4O/c18-17(19-11-13-3-1-4-13)20-12-14-6-8-15(9-7-14)21-10-2-5-16(21)22/h6-9,13H,1-5,10-12H2,(H3,18,19,20). The summed E-state index contributed by atoms with van der Waals surface area (Å²) in [4.78, 5) is 17.9. The van der Waals surface area contributed by atoms with Gasteiger partial charge in [-0.25, -0.2) is 4.99 Å². The summed E-state index contributed by atoms with van der Waals surface area (Å²) in [7, 11) is 0. The minimum atomic E-state index is 0.218. The Morgan fingerprint density at radius 3 is 2.64 bits per heavy atom. The lowest BCUT2D eigenvalue weighted by molar-refractivity contribution is -0.117. The van der Waals surface area contributed by atoms with Crippen molar-refractivity contribution in [3.05, 3.63) is 29.8 Å². The Labute approximate surface area is 131 Å². The van der Waals surface area contributed by atoms with Crippen LogP contribution in [0.4, 0.5) is 5.69 Å². The first-order valence-corrected chi connectivity index (χ1v) is 8.15. The maximum atomic E-state index is 11.7. The molecule has 0 aromatic heterocycles. The zero-order valence-electron chi connectivity index (χ0n) is 12.9. The fourth-order valence-corrected chi connectivity index (χ4v) is 2.88. The number of guanidine groups is 1. The topological polar surface area (TPSA) is 70.7 Å². The third-order valence-corrected chi connectivity index (χ3v) is 4.55. The highest BCUT2D eigenvalue weighted by Crippen LogP contribution is 2.25. The molecule has 0 unspecified atom stereocenters. The van der Waals surface area contributed by atoms with Crippen LogP contribution >= 0.6 is 0 Å². The number of aliphatic imine (C=N–C) groups is 1. The number of nitrogens with one attached hydrogen (secondary N) is 1. The lowest BCUT2D eigenvalue weighted by Crippen LogP contribution is -2.37. The summed E-state index contributed by atoms with van der Waals surface area (Å²) in [5.74, 6) is 1.51. The van der Waals surface area contributed by atoms with Gasteiger partial charge >= 0.3 is 0 Å². The molecule has 0 bridgehead atoms. The highest BCUT2D eigenvalue weighted by molar-refractivity contribution is 5.95. The molecular formula is C17H24N4O. The monoisotopic (exact) mass is 300 g/mol. The third-order valence-electron chi connectivity index (χ3n) is 4.55. The Balaban J connectivity index is 1.50. The normalized spacial score (nSPS) is 19.4. The zero-order valence-corrected chi connectivity index (χ0v) is 12.9. The lowest BCUT2D eigenvalue weighted by Gasteiger charge is -2.25. The summed E-state index contributed by atoms with van der Waals surface area (Å²) in [6.45, 7) is 2.33. The Bertz CT molecular complexity index is 548. The lowest BCUT2D eigenvalue weighted by atomic mass is 9.85. The van der Waals surface area contributed by atoms with Crippen LogP contribution in [-0.2, 0) is 11.3 Å². The molecule has 1 aliphatic carbocycles. The van der Waals surface area contributed by atoms with Crippen molar-refractivity contribution in [2.45, 2.75) is 38.6 Å². The van der Waals surface area contributed by atoms with Crippen LogP contribution in [0.15, 0.2) is 29.3 Å². The molecule has 0 atom stereocenters. The van der Waals surface area contributed by atoms with E-state index in [2.05, 4.69) is 10.3 Å². The molecule has 3 rings (SSSR count). The summed E-state index contributed by atoms with van der Waals surface area (Å²) in [5.41, 5.74) is 7.96. The van der Waals surface area contributed by atoms with Crippen LogP contribution in [0.1, 0.15) is 37.7 Å². The second kappa shape index (κ2) is 6.81. The minimum absolute atomic E-state index is 0.218. The molecule has 2 fully saturated rings. The second-order valence-corrected chi connectivity index (χ2v) is 6.19. The number of carbonyl (C=O) groups is 1. The average molecular weight is 300 g/mol. The fourth-order valence-electron chi connectivity index (χ4n) is 2.88. The second-order valence-electron chi connectivity index (χ2n) is 6.19. The van der Waals surface area contributed by atoms with Crippen molar-refractivity contribution in [1.82, 2.24) is 5.32 Å². The first-order chi connectivity index (χ1) is 10.7. The van der Waals surface area contributed by atoms with Gasteiger partial charge in [-0.3, -0.25) is 4.79 Å². The van der Waals surface area contributed by atoms with Crippen LogP contribution in [0.5, 0.6) is 0 Å². The Morgan fingerprint density at radius 2 is 2.05 bits per heavy atom. The van der Waals surface area contributed by atoms with Crippen LogP contribution in [0.2, 0.25) is 0 Å². The molecule has 1 amide bonds. The molecule has 5 heteroatoms. The average Bonchev–Trinajstić information content (AvgIpc) is 2.90. The molecule has 1 saturated heterocycles. The molecular weight excluding hydrogens is 276 g/mol. The molecule has 0 radical (unpaired) electrons. The van der Waals surface area contributed by atoms with E-state index in [0.717, 1.165) is 36.7 Å². The van der Waals surface area contributed by atoms with Gasteiger partial charge in [0.25, 0.3) is 0 Å². The van der Waals surface area contributed by atoms with Gasteiger partial charge in [0.2, 0.25) is 5.91 Å². The van der Waals surface area contributed by atoms with Crippen molar-refractivity contribution in [2.75, 3.05) is 18.0 Å². The Hall–Kier alpha value is -2.04. The number of benzene rings is 1. The summed E-state index contributed by atoms with van der Waals surface area (Å²) in [5, 5.41) is 3.19. The third kappa shape index (κ3) is 3.59. The van der Waals surface area contributed by atoms with Crippen LogP contribution < -0.4 is 16.0 Å². The number of hydrogen-bond donors (Lipinski definition) is 2. The maximum absolute atomic E-state index is 11.7. The summed E-state index contributed by atoms with van der Waals surface area (Å²) in [6.07, 6.45) is 5.56. The number of nitrogens with two attached hydrogens (primary N) is 1. The van der Waals surface area contributed by atoms with Crippen LogP contribution in [0.3, 0.4) is 0 Å². The van der Waals surface area contributed by atoms with Crippen LogP contribution in [0.25, 0.3) is 0 Å². The number of nitrogens with zero attached hydrogens (tertiary/aromatic N) is 2. The van der Waals surface area contributed by atoms with Gasteiger partial charge in [0.1, 0.15) is 0 Å². The molecule has 1 aromatic rings. The predicted molar refractivity (Wildman–Crippen MR) is 88.7 cm³/mol. The van der Waals surface area contributed by atoms with Gasteiger partial charge in [0, 0.05) is 25.2 Å². The molecule has 0 spiro atoms. The van der Waals surface area contributed by atoms with E-state index in [9.17, 15) is 4.79 Å². The van der Waals surface area contributed by atoms with Gasteiger partial charge in [0.05, 0.1) is 6.54 Å². The van der Waals surface area contributed by atoms with Gasteiger partial charge in [-0.1, -0.05) is 18.6 Å². The SMILES string of the molecule is NC(=NCc1ccc(N2CCCC2=O)cc1)NCC1CCC1. The number of carbonyl (C=O) groups excluding carboxylic acids is 1. The van der Waals surface area contributed by atoms with Crippen LogP contribution in [-0.4, -0.2) is 25.0 Å². The van der Waals surface area contributed by atoms with E-state index in [0.29, 0.717) is 18.9 Å². The van der Waals surface area contributed by atoms with E-state index in [1.165, 1.54) is 19.3 Å². The number of anilines is 1. The molecule has 1 aromatic carbocycles. The minimum Gasteiger partial charge on any atom is -0.370 e. The molecule has 5 nitrogen and oxygen atoms in total. The molecule has 118 valence electrons. The van der Waals surface area contributed by atoms with Crippen molar-refractivity contribution in [3.8, 4) is 0 Å². The van der Waals surface area contributed by atoms with Crippen molar-refractivity contribution < 1.29 is 4.79 Å². The fraction of sp³-hybridized carbons (Fsp3) is 0.529.